The fraction of sp³-hybridized carbons (Fsp3) is 0.438. The van der Waals surface area contributed by atoms with Crippen molar-refractivity contribution >= 4 is 22.6 Å². The highest BCUT2D eigenvalue weighted by Gasteiger charge is 2.21. The summed E-state index contributed by atoms with van der Waals surface area (Å²) in [7, 11) is 0. The standard InChI is InChI=1S/C16H20N4OS/c1-12-3-5-14(6-4-12)11-15-17-16(22-18-15)20-9-7-19(8-10-20)13(2)21/h3-6H,7-11H2,1-2H3. The molecule has 0 radical (unpaired) electrons. The molecule has 2 aromatic rings. The van der Waals surface area contributed by atoms with E-state index in [0.717, 1.165) is 43.6 Å². The highest BCUT2D eigenvalue weighted by atomic mass is 32.1. The third kappa shape index (κ3) is 3.44. The van der Waals surface area contributed by atoms with Crippen molar-refractivity contribution in [2.24, 2.45) is 0 Å². The number of rotatable bonds is 3. The van der Waals surface area contributed by atoms with Crippen molar-refractivity contribution < 1.29 is 4.79 Å². The summed E-state index contributed by atoms with van der Waals surface area (Å²) in [6.07, 6.45) is 0.768. The molecule has 0 N–H and O–H groups in total. The number of nitrogens with zero attached hydrogens (tertiary/aromatic N) is 4. The molecule has 1 amide bonds. The first-order chi connectivity index (χ1) is 10.6. The number of amides is 1. The molecule has 1 aliphatic rings. The van der Waals surface area contributed by atoms with Crippen LogP contribution in [-0.2, 0) is 11.2 Å². The van der Waals surface area contributed by atoms with Crippen LogP contribution in [0.2, 0.25) is 0 Å². The van der Waals surface area contributed by atoms with Gasteiger partial charge in [-0.05, 0) is 12.5 Å². The number of anilines is 1. The third-order valence-electron chi connectivity index (χ3n) is 3.94. The van der Waals surface area contributed by atoms with E-state index in [4.69, 9.17) is 0 Å². The summed E-state index contributed by atoms with van der Waals surface area (Å²) in [5.74, 6) is 1.02. The molecule has 0 unspecified atom stereocenters. The Kier molecular flexibility index (Phi) is 4.38. The van der Waals surface area contributed by atoms with Crippen molar-refractivity contribution in [3.05, 3.63) is 41.2 Å². The van der Waals surface area contributed by atoms with Crippen LogP contribution in [0.25, 0.3) is 0 Å². The van der Waals surface area contributed by atoms with Crippen molar-refractivity contribution in [3.8, 4) is 0 Å². The predicted molar refractivity (Wildman–Crippen MR) is 88.4 cm³/mol. The first kappa shape index (κ1) is 15.0. The molecule has 0 bridgehead atoms. The molecule has 0 atom stereocenters. The molecule has 2 heterocycles. The molecule has 3 rings (SSSR count). The molecule has 6 heteroatoms. The second kappa shape index (κ2) is 6.44. The molecule has 1 aromatic heterocycles. The molecule has 1 aromatic carbocycles. The van der Waals surface area contributed by atoms with Gasteiger partial charge < -0.3 is 9.80 Å². The van der Waals surface area contributed by atoms with Gasteiger partial charge in [0.15, 0.2) is 0 Å². The van der Waals surface area contributed by atoms with Gasteiger partial charge in [-0.15, -0.1) is 0 Å². The van der Waals surface area contributed by atoms with E-state index in [9.17, 15) is 4.79 Å². The zero-order valence-corrected chi connectivity index (χ0v) is 13.8. The van der Waals surface area contributed by atoms with E-state index in [0.29, 0.717) is 0 Å². The maximum atomic E-state index is 11.4. The van der Waals surface area contributed by atoms with Crippen LogP contribution >= 0.6 is 11.5 Å². The summed E-state index contributed by atoms with van der Waals surface area (Å²) in [6, 6.07) is 8.48. The Morgan fingerprint density at radius 1 is 1.18 bits per heavy atom. The van der Waals surface area contributed by atoms with Crippen LogP contribution < -0.4 is 4.90 Å². The van der Waals surface area contributed by atoms with Crippen molar-refractivity contribution in [3.63, 3.8) is 0 Å². The Hall–Kier alpha value is -1.95. The van der Waals surface area contributed by atoms with E-state index < -0.39 is 0 Å². The van der Waals surface area contributed by atoms with Crippen molar-refractivity contribution in [2.45, 2.75) is 20.3 Å². The van der Waals surface area contributed by atoms with E-state index >= 15 is 0 Å². The number of hydrogen-bond donors (Lipinski definition) is 0. The maximum Gasteiger partial charge on any atom is 0.219 e. The van der Waals surface area contributed by atoms with Crippen LogP contribution in [0.15, 0.2) is 24.3 Å². The average molecular weight is 316 g/mol. The van der Waals surface area contributed by atoms with E-state index in [1.807, 2.05) is 4.90 Å². The van der Waals surface area contributed by atoms with Crippen molar-refractivity contribution in [2.75, 3.05) is 31.1 Å². The quantitative estimate of drug-likeness (QED) is 0.870. The van der Waals surface area contributed by atoms with Crippen molar-refractivity contribution in [1.29, 1.82) is 0 Å². The zero-order valence-electron chi connectivity index (χ0n) is 13.0. The van der Waals surface area contributed by atoms with Crippen LogP contribution in [-0.4, -0.2) is 46.3 Å². The van der Waals surface area contributed by atoms with Gasteiger partial charge in [0, 0.05) is 51.1 Å². The number of benzene rings is 1. The molecule has 1 fully saturated rings. The number of carbonyl (C=O) groups is 1. The lowest BCUT2D eigenvalue weighted by Crippen LogP contribution is -2.48. The minimum Gasteiger partial charge on any atom is -0.343 e. The summed E-state index contributed by atoms with van der Waals surface area (Å²) < 4.78 is 4.47. The van der Waals surface area contributed by atoms with E-state index in [2.05, 4.69) is 45.4 Å². The molecule has 1 aliphatic heterocycles. The molecular formula is C16H20N4OS. The molecule has 116 valence electrons. The van der Waals surface area contributed by atoms with E-state index in [1.54, 1.807) is 6.92 Å². The Labute approximate surface area is 134 Å². The minimum atomic E-state index is 0.150. The number of aryl methyl sites for hydroxylation is 1. The van der Waals surface area contributed by atoms with Crippen molar-refractivity contribution in [1.82, 2.24) is 14.3 Å². The Morgan fingerprint density at radius 3 is 2.50 bits per heavy atom. The molecule has 22 heavy (non-hydrogen) atoms. The minimum absolute atomic E-state index is 0.150. The summed E-state index contributed by atoms with van der Waals surface area (Å²) >= 11 is 1.45. The van der Waals surface area contributed by atoms with Gasteiger partial charge in [0.05, 0.1) is 0 Å². The third-order valence-corrected chi connectivity index (χ3v) is 4.75. The van der Waals surface area contributed by atoms with Gasteiger partial charge in [-0.3, -0.25) is 4.79 Å². The Balaban J connectivity index is 1.62. The maximum absolute atomic E-state index is 11.4. The molecule has 0 spiro atoms. The smallest absolute Gasteiger partial charge is 0.219 e. The van der Waals surface area contributed by atoms with Gasteiger partial charge >= 0.3 is 0 Å². The van der Waals surface area contributed by atoms with E-state index in [1.165, 1.54) is 22.7 Å². The highest BCUT2D eigenvalue weighted by Crippen LogP contribution is 2.20. The predicted octanol–water partition coefficient (Wildman–Crippen LogP) is 2.11. The number of piperazine rings is 1. The van der Waals surface area contributed by atoms with Crippen LogP contribution in [0.4, 0.5) is 5.13 Å². The largest absolute Gasteiger partial charge is 0.343 e. The molecule has 1 saturated heterocycles. The van der Waals surface area contributed by atoms with Gasteiger partial charge in [-0.2, -0.15) is 4.37 Å². The summed E-state index contributed by atoms with van der Waals surface area (Å²) in [6.45, 7) is 6.91. The Morgan fingerprint density at radius 2 is 1.86 bits per heavy atom. The van der Waals surface area contributed by atoms with Crippen LogP contribution in [0.5, 0.6) is 0 Å². The first-order valence-electron chi connectivity index (χ1n) is 7.50. The van der Waals surface area contributed by atoms with Crippen LogP contribution in [0.1, 0.15) is 23.9 Å². The highest BCUT2D eigenvalue weighted by molar-refractivity contribution is 7.09. The SMILES string of the molecule is CC(=O)N1CCN(c2nc(Cc3ccc(C)cc3)ns2)CC1. The summed E-state index contributed by atoms with van der Waals surface area (Å²) in [5, 5.41) is 0.963. The molecule has 5 nitrogen and oxygen atoms in total. The normalized spacial score (nSPS) is 15.2. The monoisotopic (exact) mass is 316 g/mol. The van der Waals surface area contributed by atoms with Crippen LogP contribution in [0, 0.1) is 6.92 Å². The van der Waals surface area contributed by atoms with Gasteiger partial charge in [0.1, 0.15) is 5.82 Å². The second-order valence-corrected chi connectivity index (χ2v) is 6.38. The number of aromatic nitrogens is 2. The van der Waals surface area contributed by atoms with Gasteiger partial charge in [0.25, 0.3) is 0 Å². The molecular weight excluding hydrogens is 296 g/mol. The van der Waals surface area contributed by atoms with Gasteiger partial charge in [0.2, 0.25) is 11.0 Å². The Bertz CT molecular complexity index is 644. The number of carbonyl (C=O) groups excluding carboxylic acids is 1. The van der Waals surface area contributed by atoms with E-state index in [-0.39, 0.29) is 5.91 Å². The van der Waals surface area contributed by atoms with Gasteiger partial charge in [-0.25, -0.2) is 4.98 Å². The topological polar surface area (TPSA) is 49.3 Å². The lowest BCUT2D eigenvalue weighted by Gasteiger charge is -2.33. The lowest BCUT2D eigenvalue weighted by atomic mass is 10.1. The zero-order chi connectivity index (χ0) is 15.5. The molecule has 0 saturated carbocycles. The second-order valence-electron chi connectivity index (χ2n) is 5.65. The number of hydrogen-bond acceptors (Lipinski definition) is 5. The summed E-state index contributed by atoms with van der Waals surface area (Å²) in [5.41, 5.74) is 2.50. The fourth-order valence-electron chi connectivity index (χ4n) is 2.55. The summed E-state index contributed by atoms with van der Waals surface area (Å²) in [4.78, 5) is 20.1. The average Bonchev–Trinajstić information content (AvgIpc) is 2.98. The lowest BCUT2D eigenvalue weighted by molar-refractivity contribution is -0.129. The first-order valence-corrected chi connectivity index (χ1v) is 8.28. The van der Waals surface area contributed by atoms with Crippen LogP contribution in [0.3, 0.4) is 0 Å². The molecule has 0 aliphatic carbocycles. The fourth-order valence-corrected chi connectivity index (χ4v) is 3.28. The van der Waals surface area contributed by atoms with Gasteiger partial charge in [-0.1, -0.05) is 29.8 Å².